The molecule has 0 radical (unpaired) electrons. The molecule has 108 valence electrons. The lowest BCUT2D eigenvalue weighted by Gasteiger charge is -2.50. The van der Waals surface area contributed by atoms with Gasteiger partial charge in [0.25, 0.3) is 0 Å². The zero-order chi connectivity index (χ0) is 15.0. The molecule has 0 heterocycles. The SMILES string of the molecule is C=CC1(C(NC(N)=S)c2ccccc2F)CC(F)(F)C1. The van der Waals surface area contributed by atoms with E-state index < -0.39 is 36.0 Å². The molecule has 1 unspecified atom stereocenters. The summed E-state index contributed by atoms with van der Waals surface area (Å²) in [7, 11) is 0. The van der Waals surface area contributed by atoms with Crippen molar-refractivity contribution >= 4 is 17.3 Å². The van der Waals surface area contributed by atoms with Crippen LogP contribution in [-0.2, 0) is 0 Å². The van der Waals surface area contributed by atoms with Gasteiger partial charge in [-0.05, 0) is 18.3 Å². The highest BCUT2D eigenvalue weighted by Gasteiger charge is 2.59. The largest absolute Gasteiger partial charge is 0.376 e. The number of benzene rings is 1. The van der Waals surface area contributed by atoms with E-state index in [0.717, 1.165) is 0 Å². The van der Waals surface area contributed by atoms with Crippen LogP contribution in [0.2, 0.25) is 0 Å². The molecule has 20 heavy (non-hydrogen) atoms. The van der Waals surface area contributed by atoms with E-state index in [0.29, 0.717) is 0 Å². The topological polar surface area (TPSA) is 38.0 Å². The maximum Gasteiger partial charge on any atom is 0.250 e. The average molecular weight is 300 g/mol. The predicted molar refractivity (Wildman–Crippen MR) is 75.9 cm³/mol. The minimum atomic E-state index is -2.77. The van der Waals surface area contributed by atoms with Crippen LogP contribution in [0.15, 0.2) is 36.9 Å². The first-order chi connectivity index (χ1) is 9.30. The highest BCUT2D eigenvalue weighted by Crippen LogP contribution is 2.59. The summed E-state index contributed by atoms with van der Waals surface area (Å²) in [6.07, 6.45) is 0.628. The second-order valence-corrected chi connectivity index (χ2v) is 5.55. The molecule has 0 aliphatic heterocycles. The van der Waals surface area contributed by atoms with Crippen molar-refractivity contribution in [1.29, 1.82) is 0 Å². The number of thiocarbonyl (C=S) groups is 1. The van der Waals surface area contributed by atoms with Gasteiger partial charge in [0.15, 0.2) is 5.11 Å². The van der Waals surface area contributed by atoms with Gasteiger partial charge in [-0.1, -0.05) is 24.3 Å². The first-order valence-corrected chi connectivity index (χ1v) is 6.52. The number of alkyl halides is 2. The summed E-state index contributed by atoms with van der Waals surface area (Å²) in [6.45, 7) is 3.62. The fraction of sp³-hybridized carbons (Fsp3) is 0.357. The van der Waals surface area contributed by atoms with Crippen LogP contribution in [0.3, 0.4) is 0 Å². The van der Waals surface area contributed by atoms with Gasteiger partial charge in [0.05, 0.1) is 6.04 Å². The van der Waals surface area contributed by atoms with Crippen molar-refractivity contribution in [3.63, 3.8) is 0 Å². The zero-order valence-corrected chi connectivity index (χ0v) is 11.5. The summed E-state index contributed by atoms with van der Waals surface area (Å²) in [5.41, 5.74) is 4.75. The Morgan fingerprint density at radius 3 is 2.45 bits per heavy atom. The number of hydrogen-bond donors (Lipinski definition) is 2. The van der Waals surface area contributed by atoms with Crippen LogP contribution in [0.5, 0.6) is 0 Å². The number of hydrogen-bond acceptors (Lipinski definition) is 1. The molecular weight excluding hydrogens is 285 g/mol. The van der Waals surface area contributed by atoms with Crippen molar-refractivity contribution in [2.75, 3.05) is 0 Å². The minimum absolute atomic E-state index is 0.0605. The van der Waals surface area contributed by atoms with Gasteiger partial charge in [-0.3, -0.25) is 0 Å². The molecule has 0 bridgehead atoms. The molecule has 3 N–H and O–H groups in total. The van der Waals surface area contributed by atoms with Crippen LogP contribution in [-0.4, -0.2) is 11.0 Å². The predicted octanol–water partition coefficient (Wildman–Crippen LogP) is 3.30. The summed E-state index contributed by atoms with van der Waals surface area (Å²) in [5, 5.41) is 2.67. The Balaban J connectivity index is 2.41. The molecule has 6 heteroatoms. The van der Waals surface area contributed by atoms with Crippen LogP contribution in [0, 0.1) is 11.2 Å². The highest BCUT2D eigenvalue weighted by molar-refractivity contribution is 7.80. The number of nitrogens with one attached hydrogen (secondary N) is 1. The quantitative estimate of drug-likeness (QED) is 0.662. The fourth-order valence-corrected chi connectivity index (χ4v) is 2.88. The van der Waals surface area contributed by atoms with Crippen molar-refractivity contribution < 1.29 is 13.2 Å². The average Bonchev–Trinajstić information content (AvgIpc) is 2.33. The second-order valence-electron chi connectivity index (χ2n) is 5.11. The molecule has 1 aliphatic rings. The molecule has 1 fully saturated rings. The minimum Gasteiger partial charge on any atom is -0.376 e. The standard InChI is InChI=1S/C14H15F3N2S/c1-2-13(7-14(16,17)8-13)11(19-12(18)20)9-5-3-4-6-10(9)15/h2-6,11H,1,7-8H2,(H3,18,19,20). The van der Waals surface area contributed by atoms with Crippen LogP contribution in [0.25, 0.3) is 0 Å². The number of rotatable bonds is 4. The Morgan fingerprint density at radius 2 is 2.00 bits per heavy atom. The molecule has 1 aliphatic carbocycles. The van der Waals surface area contributed by atoms with Crippen molar-refractivity contribution in [1.82, 2.24) is 5.32 Å². The molecule has 0 amide bonds. The lowest BCUT2D eigenvalue weighted by molar-refractivity contribution is -0.152. The molecule has 0 saturated heterocycles. The van der Waals surface area contributed by atoms with E-state index in [4.69, 9.17) is 18.0 Å². The third-order valence-corrected chi connectivity index (χ3v) is 3.78. The molecular formula is C14H15F3N2S. The molecule has 0 spiro atoms. The smallest absolute Gasteiger partial charge is 0.250 e. The van der Waals surface area contributed by atoms with E-state index in [2.05, 4.69) is 11.9 Å². The second kappa shape index (κ2) is 5.09. The van der Waals surface area contributed by atoms with Crippen molar-refractivity contribution in [3.05, 3.63) is 48.3 Å². The summed E-state index contributed by atoms with van der Waals surface area (Å²) in [5.74, 6) is -3.26. The summed E-state index contributed by atoms with van der Waals surface area (Å²) < 4.78 is 40.6. The highest BCUT2D eigenvalue weighted by atomic mass is 32.1. The van der Waals surface area contributed by atoms with Crippen LogP contribution in [0.1, 0.15) is 24.4 Å². The Kier molecular flexibility index (Phi) is 3.77. The number of nitrogens with two attached hydrogens (primary N) is 1. The lowest BCUT2D eigenvalue weighted by Crippen LogP contribution is -2.53. The van der Waals surface area contributed by atoms with Crippen molar-refractivity contribution in [2.45, 2.75) is 24.8 Å². The Labute approximate surface area is 120 Å². The van der Waals surface area contributed by atoms with Crippen LogP contribution in [0.4, 0.5) is 13.2 Å². The Bertz CT molecular complexity index is 537. The van der Waals surface area contributed by atoms with E-state index in [1.807, 2.05) is 0 Å². The Morgan fingerprint density at radius 1 is 1.40 bits per heavy atom. The maximum absolute atomic E-state index is 14.0. The van der Waals surface area contributed by atoms with Crippen molar-refractivity contribution in [2.24, 2.45) is 11.1 Å². The van der Waals surface area contributed by atoms with E-state index in [1.165, 1.54) is 24.3 Å². The van der Waals surface area contributed by atoms with Gasteiger partial charge in [0.2, 0.25) is 5.92 Å². The van der Waals surface area contributed by atoms with Crippen LogP contribution < -0.4 is 11.1 Å². The maximum atomic E-state index is 14.0. The summed E-state index contributed by atoms with van der Waals surface area (Å²) in [4.78, 5) is 0. The molecule has 1 atom stereocenters. The van der Waals surface area contributed by atoms with Gasteiger partial charge in [-0.15, -0.1) is 6.58 Å². The van der Waals surface area contributed by atoms with E-state index in [9.17, 15) is 13.2 Å². The molecule has 2 rings (SSSR count). The van der Waals surface area contributed by atoms with Crippen molar-refractivity contribution in [3.8, 4) is 0 Å². The summed E-state index contributed by atoms with van der Waals surface area (Å²) >= 11 is 4.78. The first-order valence-electron chi connectivity index (χ1n) is 6.11. The van der Waals surface area contributed by atoms with Gasteiger partial charge in [0.1, 0.15) is 5.82 Å². The Hall–Kier alpha value is -1.56. The van der Waals surface area contributed by atoms with Gasteiger partial charge < -0.3 is 11.1 Å². The van der Waals surface area contributed by atoms with E-state index in [-0.39, 0.29) is 10.7 Å². The third-order valence-electron chi connectivity index (χ3n) is 3.66. The third kappa shape index (κ3) is 2.65. The number of halogens is 3. The summed E-state index contributed by atoms with van der Waals surface area (Å²) in [6, 6.07) is 5.23. The molecule has 2 nitrogen and oxygen atoms in total. The molecule has 1 aromatic carbocycles. The monoisotopic (exact) mass is 300 g/mol. The van der Waals surface area contributed by atoms with Gasteiger partial charge >= 0.3 is 0 Å². The molecule has 0 aromatic heterocycles. The first kappa shape index (κ1) is 14.8. The van der Waals surface area contributed by atoms with E-state index >= 15 is 0 Å². The van der Waals surface area contributed by atoms with Gasteiger partial charge in [0, 0.05) is 23.8 Å². The van der Waals surface area contributed by atoms with E-state index in [1.54, 1.807) is 6.07 Å². The fourth-order valence-electron chi connectivity index (χ4n) is 2.76. The molecule has 1 saturated carbocycles. The lowest BCUT2D eigenvalue weighted by atomic mass is 9.60. The zero-order valence-electron chi connectivity index (χ0n) is 10.7. The van der Waals surface area contributed by atoms with Gasteiger partial charge in [-0.2, -0.15) is 0 Å². The molecule has 1 aromatic rings. The normalized spacial score (nSPS) is 20.6. The van der Waals surface area contributed by atoms with Crippen LogP contribution >= 0.6 is 12.2 Å². The van der Waals surface area contributed by atoms with Gasteiger partial charge in [-0.25, -0.2) is 13.2 Å².